The van der Waals surface area contributed by atoms with Crippen molar-refractivity contribution < 1.29 is 14.0 Å². The molecule has 4 aromatic rings. The average Bonchev–Trinajstić information content (AvgIpc) is 3.46. The summed E-state index contributed by atoms with van der Waals surface area (Å²) < 4.78 is 5.55. The molecule has 7 heteroatoms. The maximum Gasteiger partial charge on any atom is 0.255 e. The Morgan fingerprint density at radius 2 is 1.81 bits per heavy atom. The Balaban J connectivity index is 1.35. The monoisotopic (exact) mass is 445 g/mol. The van der Waals surface area contributed by atoms with Gasteiger partial charge in [-0.3, -0.25) is 9.59 Å². The van der Waals surface area contributed by atoms with Crippen LogP contribution in [0.1, 0.15) is 33.8 Å². The number of amides is 2. The van der Waals surface area contributed by atoms with E-state index in [0.717, 1.165) is 24.2 Å². The van der Waals surface area contributed by atoms with Crippen LogP contribution in [-0.4, -0.2) is 16.8 Å². The van der Waals surface area contributed by atoms with Crippen LogP contribution >= 0.6 is 11.3 Å². The average molecular weight is 446 g/mol. The maximum absolute atomic E-state index is 12.7. The second kappa shape index (κ2) is 10.1. The van der Waals surface area contributed by atoms with Crippen LogP contribution in [-0.2, 0) is 11.2 Å². The summed E-state index contributed by atoms with van der Waals surface area (Å²) in [6.45, 7) is 1.83. The van der Waals surface area contributed by atoms with Gasteiger partial charge < -0.3 is 15.1 Å². The predicted octanol–water partition coefficient (Wildman–Crippen LogP) is 5.93. The van der Waals surface area contributed by atoms with E-state index in [1.54, 1.807) is 47.9 Å². The molecule has 0 aliphatic rings. The van der Waals surface area contributed by atoms with Gasteiger partial charge in [-0.1, -0.05) is 18.2 Å². The molecule has 0 aliphatic carbocycles. The SMILES string of the molecule is Cc1cnc(-c2cccc(NC(=O)c3cccc(NC(=O)CCCc4cccs4)c3)c2)o1. The lowest BCUT2D eigenvalue weighted by Gasteiger charge is -2.09. The number of benzene rings is 2. The van der Waals surface area contributed by atoms with E-state index in [0.29, 0.717) is 29.2 Å². The number of carbonyl (C=O) groups is 2. The van der Waals surface area contributed by atoms with Crippen LogP contribution in [0.3, 0.4) is 0 Å². The van der Waals surface area contributed by atoms with Gasteiger partial charge in [-0.2, -0.15) is 0 Å². The molecule has 0 aliphatic heterocycles. The van der Waals surface area contributed by atoms with Gasteiger partial charge in [0.1, 0.15) is 5.76 Å². The molecule has 0 fully saturated rings. The summed E-state index contributed by atoms with van der Waals surface area (Å²) in [5.41, 5.74) is 2.47. The number of thiophene rings is 1. The number of nitrogens with one attached hydrogen (secondary N) is 2. The summed E-state index contributed by atoms with van der Waals surface area (Å²) in [6.07, 6.45) is 3.76. The third-order valence-corrected chi connectivity index (χ3v) is 5.74. The maximum atomic E-state index is 12.7. The molecular weight excluding hydrogens is 422 g/mol. The fraction of sp³-hybridized carbons (Fsp3) is 0.160. The van der Waals surface area contributed by atoms with Gasteiger partial charge in [0.2, 0.25) is 11.8 Å². The quantitative estimate of drug-likeness (QED) is 0.352. The molecule has 2 aromatic carbocycles. The van der Waals surface area contributed by atoms with Crippen LogP contribution in [0, 0.1) is 6.92 Å². The first-order valence-corrected chi connectivity index (χ1v) is 11.2. The Morgan fingerprint density at radius 1 is 1.00 bits per heavy atom. The molecule has 0 spiro atoms. The van der Waals surface area contributed by atoms with Crippen molar-refractivity contribution in [2.24, 2.45) is 0 Å². The van der Waals surface area contributed by atoms with E-state index in [2.05, 4.69) is 21.7 Å². The minimum atomic E-state index is -0.264. The van der Waals surface area contributed by atoms with Crippen LogP contribution in [0.4, 0.5) is 11.4 Å². The Kier molecular flexibility index (Phi) is 6.77. The fourth-order valence-corrected chi connectivity index (χ4v) is 4.01. The van der Waals surface area contributed by atoms with E-state index in [4.69, 9.17) is 4.42 Å². The molecule has 32 heavy (non-hydrogen) atoms. The zero-order valence-corrected chi connectivity index (χ0v) is 18.4. The molecule has 0 saturated carbocycles. The van der Waals surface area contributed by atoms with Gasteiger partial charge >= 0.3 is 0 Å². The van der Waals surface area contributed by atoms with Gasteiger partial charge in [-0.15, -0.1) is 11.3 Å². The highest BCUT2D eigenvalue weighted by atomic mass is 32.1. The second-order valence-electron chi connectivity index (χ2n) is 7.37. The molecule has 2 heterocycles. The molecule has 0 radical (unpaired) electrons. The first-order valence-electron chi connectivity index (χ1n) is 10.3. The van der Waals surface area contributed by atoms with E-state index in [9.17, 15) is 9.59 Å². The van der Waals surface area contributed by atoms with Crippen LogP contribution in [0.25, 0.3) is 11.5 Å². The normalized spacial score (nSPS) is 10.7. The fourth-order valence-electron chi connectivity index (χ4n) is 3.26. The highest BCUT2D eigenvalue weighted by Gasteiger charge is 2.11. The molecule has 2 aromatic heterocycles. The van der Waals surface area contributed by atoms with E-state index in [1.807, 2.05) is 36.6 Å². The van der Waals surface area contributed by atoms with Crippen molar-refractivity contribution in [3.63, 3.8) is 0 Å². The Hall–Kier alpha value is -3.71. The van der Waals surface area contributed by atoms with Crippen LogP contribution < -0.4 is 10.6 Å². The van der Waals surface area contributed by atoms with E-state index in [-0.39, 0.29) is 11.8 Å². The number of hydrogen-bond acceptors (Lipinski definition) is 5. The van der Waals surface area contributed by atoms with Gasteiger partial charge in [-0.25, -0.2) is 4.98 Å². The molecule has 0 atom stereocenters. The second-order valence-corrected chi connectivity index (χ2v) is 8.41. The Bertz CT molecular complexity index is 1210. The minimum Gasteiger partial charge on any atom is -0.441 e. The van der Waals surface area contributed by atoms with Gasteiger partial charge in [0.15, 0.2) is 0 Å². The Morgan fingerprint density at radius 3 is 2.56 bits per heavy atom. The number of aromatic nitrogens is 1. The number of aryl methyl sites for hydroxylation is 2. The molecule has 162 valence electrons. The summed E-state index contributed by atoms with van der Waals surface area (Å²) in [5, 5.41) is 7.80. The third-order valence-electron chi connectivity index (χ3n) is 4.80. The van der Waals surface area contributed by atoms with Crippen molar-refractivity contribution in [3.8, 4) is 11.5 Å². The smallest absolute Gasteiger partial charge is 0.255 e. The lowest BCUT2D eigenvalue weighted by molar-refractivity contribution is -0.116. The number of carbonyl (C=O) groups excluding carboxylic acids is 2. The van der Waals surface area contributed by atoms with Gasteiger partial charge in [0, 0.05) is 33.8 Å². The number of nitrogens with zero attached hydrogens (tertiary/aromatic N) is 1. The van der Waals surface area contributed by atoms with Gasteiger partial charge in [-0.05, 0) is 67.6 Å². The molecular formula is C25H23N3O3S. The summed E-state index contributed by atoms with van der Waals surface area (Å²) in [5.74, 6) is 0.898. The molecule has 0 unspecified atom stereocenters. The number of oxazole rings is 1. The highest BCUT2D eigenvalue weighted by Crippen LogP contribution is 2.23. The number of anilines is 2. The van der Waals surface area contributed by atoms with E-state index >= 15 is 0 Å². The van der Waals surface area contributed by atoms with Crippen LogP contribution in [0.2, 0.25) is 0 Å². The molecule has 2 N–H and O–H groups in total. The van der Waals surface area contributed by atoms with Crippen molar-refractivity contribution in [1.82, 2.24) is 4.98 Å². The largest absolute Gasteiger partial charge is 0.441 e. The third kappa shape index (κ3) is 5.70. The summed E-state index contributed by atoms with van der Waals surface area (Å²) >= 11 is 1.70. The van der Waals surface area contributed by atoms with Crippen molar-refractivity contribution in [1.29, 1.82) is 0 Å². The summed E-state index contributed by atoms with van der Waals surface area (Å²) in [7, 11) is 0. The standard InChI is InChI=1S/C25H23N3O3S/c1-17-16-26-25(31-17)19-7-3-9-21(15-19)28-24(30)18-6-2-8-20(14-18)27-23(29)12-4-10-22-11-5-13-32-22/h2-3,5-9,11,13-16H,4,10,12H2,1H3,(H,27,29)(H,28,30). The predicted molar refractivity (Wildman–Crippen MR) is 127 cm³/mol. The zero-order chi connectivity index (χ0) is 22.3. The van der Waals surface area contributed by atoms with E-state index < -0.39 is 0 Å². The lowest BCUT2D eigenvalue weighted by Crippen LogP contribution is -2.14. The zero-order valence-electron chi connectivity index (χ0n) is 17.6. The minimum absolute atomic E-state index is 0.0620. The molecule has 2 amide bonds. The van der Waals surface area contributed by atoms with Crippen molar-refractivity contribution >= 4 is 34.5 Å². The van der Waals surface area contributed by atoms with E-state index in [1.165, 1.54) is 4.88 Å². The van der Waals surface area contributed by atoms with Crippen LogP contribution in [0.15, 0.2) is 76.7 Å². The topological polar surface area (TPSA) is 84.2 Å². The number of rotatable bonds is 8. The Labute approximate surface area is 190 Å². The first kappa shape index (κ1) is 21.5. The molecule has 4 rings (SSSR count). The van der Waals surface area contributed by atoms with Crippen molar-refractivity contribution in [2.75, 3.05) is 10.6 Å². The summed E-state index contributed by atoms with van der Waals surface area (Å²) in [6, 6.07) is 18.3. The van der Waals surface area contributed by atoms with Crippen LogP contribution in [0.5, 0.6) is 0 Å². The highest BCUT2D eigenvalue weighted by molar-refractivity contribution is 7.09. The molecule has 0 bridgehead atoms. The van der Waals surface area contributed by atoms with Crippen molar-refractivity contribution in [3.05, 3.63) is 88.4 Å². The first-order chi connectivity index (χ1) is 15.6. The van der Waals surface area contributed by atoms with Gasteiger partial charge in [0.05, 0.1) is 6.20 Å². The summed E-state index contributed by atoms with van der Waals surface area (Å²) in [4.78, 5) is 30.5. The van der Waals surface area contributed by atoms with Crippen molar-refractivity contribution in [2.45, 2.75) is 26.2 Å². The molecule has 6 nitrogen and oxygen atoms in total. The number of hydrogen-bond donors (Lipinski definition) is 2. The molecule has 0 saturated heterocycles. The van der Waals surface area contributed by atoms with Gasteiger partial charge in [0.25, 0.3) is 5.91 Å². The lowest BCUT2D eigenvalue weighted by atomic mass is 10.1.